The molecule has 2 aromatic rings. The fourth-order valence-electron chi connectivity index (χ4n) is 3.15. The van der Waals surface area contributed by atoms with E-state index in [1.807, 2.05) is 24.3 Å². The summed E-state index contributed by atoms with van der Waals surface area (Å²) in [6.07, 6.45) is 2.56. The monoisotopic (exact) mass is 311 g/mol. The molecule has 1 aliphatic heterocycles. The van der Waals surface area contributed by atoms with Crippen LogP contribution in [-0.4, -0.2) is 38.1 Å². The molecule has 0 spiro atoms. The summed E-state index contributed by atoms with van der Waals surface area (Å²) in [6, 6.07) is 8.58. The smallest absolute Gasteiger partial charge is 0.326 e. The summed E-state index contributed by atoms with van der Waals surface area (Å²) in [6.45, 7) is 0.303. The van der Waals surface area contributed by atoms with E-state index in [1.54, 1.807) is 6.07 Å². The molecule has 1 unspecified atom stereocenters. The van der Waals surface area contributed by atoms with Crippen molar-refractivity contribution >= 4 is 11.9 Å². The van der Waals surface area contributed by atoms with Gasteiger partial charge in [0.15, 0.2) is 0 Å². The summed E-state index contributed by atoms with van der Waals surface area (Å²) in [5.74, 6) is -0.831. The first-order valence-corrected chi connectivity index (χ1v) is 7.79. The zero-order chi connectivity index (χ0) is 16.0. The van der Waals surface area contributed by atoms with Crippen LogP contribution in [0.5, 0.6) is 0 Å². The summed E-state index contributed by atoms with van der Waals surface area (Å²) >= 11 is 0. The molecule has 23 heavy (non-hydrogen) atoms. The van der Waals surface area contributed by atoms with E-state index in [4.69, 9.17) is 0 Å². The van der Waals surface area contributed by atoms with Crippen LogP contribution in [0.25, 0.3) is 0 Å². The third kappa shape index (κ3) is 2.50. The Balaban J connectivity index is 1.64. The largest absolute Gasteiger partial charge is 0.480 e. The van der Waals surface area contributed by atoms with E-state index in [9.17, 15) is 14.7 Å². The van der Waals surface area contributed by atoms with Crippen LogP contribution in [0.2, 0.25) is 0 Å². The first-order valence-electron chi connectivity index (χ1n) is 7.79. The highest BCUT2D eigenvalue weighted by molar-refractivity contribution is 5.95. The number of fused-ring (bicyclic) bond motifs is 1. The predicted octanol–water partition coefficient (Wildman–Crippen LogP) is 1.94. The average molecular weight is 311 g/mol. The van der Waals surface area contributed by atoms with Crippen LogP contribution >= 0.6 is 0 Å². The lowest BCUT2D eigenvalue weighted by Crippen LogP contribution is -2.48. The van der Waals surface area contributed by atoms with Gasteiger partial charge in [-0.3, -0.25) is 9.89 Å². The van der Waals surface area contributed by atoms with Crippen molar-refractivity contribution in [3.05, 3.63) is 52.8 Å². The van der Waals surface area contributed by atoms with E-state index in [0.717, 1.165) is 29.7 Å². The molecule has 6 heteroatoms. The molecule has 2 N–H and O–H groups in total. The molecule has 1 saturated carbocycles. The van der Waals surface area contributed by atoms with Crippen molar-refractivity contribution < 1.29 is 14.7 Å². The normalized spacial score (nSPS) is 20.2. The summed E-state index contributed by atoms with van der Waals surface area (Å²) in [4.78, 5) is 25.8. The summed E-state index contributed by atoms with van der Waals surface area (Å²) in [5, 5.41) is 16.5. The number of H-pyrrole nitrogens is 1. The van der Waals surface area contributed by atoms with Crippen LogP contribution in [0.1, 0.15) is 46.1 Å². The van der Waals surface area contributed by atoms with Gasteiger partial charge in [-0.15, -0.1) is 0 Å². The van der Waals surface area contributed by atoms with Crippen molar-refractivity contribution in [3.8, 4) is 0 Å². The molecule has 4 rings (SSSR count). The zero-order valence-corrected chi connectivity index (χ0v) is 12.5. The number of aromatic amines is 1. The fourth-order valence-corrected chi connectivity index (χ4v) is 3.15. The topological polar surface area (TPSA) is 86.3 Å². The van der Waals surface area contributed by atoms with Gasteiger partial charge in [0.2, 0.25) is 0 Å². The van der Waals surface area contributed by atoms with Gasteiger partial charge in [-0.05, 0) is 30.0 Å². The highest BCUT2D eigenvalue weighted by atomic mass is 16.4. The van der Waals surface area contributed by atoms with Crippen LogP contribution in [0.3, 0.4) is 0 Å². The lowest BCUT2D eigenvalue weighted by Gasteiger charge is -2.33. The maximum Gasteiger partial charge on any atom is 0.326 e. The number of aromatic nitrogens is 2. The molecule has 1 aromatic carbocycles. The molecule has 1 fully saturated rings. The number of rotatable bonds is 3. The van der Waals surface area contributed by atoms with Crippen LogP contribution < -0.4 is 0 Å². The molecule has 2 heterocycles. The molecule has 0 bridgehead atoms. The summed E-state index contributed by atoms with van der Waals surface area (Å²) in [5.41, 5.74) is 3.26. The Hall–Kier alpha value is -2.63. The highest BCUT2D eigenvalue weighted by Crippen LogP contribution is 2.39. The first-order chi connectivity index (χ1) is 11.1. The lowest BCUT2D eigenvalue weighted by atomic mass is 9.93. The van der Waals surface area contributed by atoms with Gasteiger partial charge in [0.05, 0.1) is 0 Å². The molecule has 2 aliphatic rings. The minimum absolute atomic E-state index is 0.303. The van der Waals surface area contributed by atoms with Crippen molar-refractivity contribution in [2.45, 2.75) is 37.8 Å². The third-order valence-electron chi connectivity index (χ3n) is 4.63. The number of aliphatic carboxylic acids is 1. The Morgan fingerprint density at radius 1 is 1.22 bits per heavy atom. The number of nitrogens with zero attached hydrogens (tertiary/aromatic N) is 2. The van der Waals surface area contributed by atoms with E-state index in [1.165, 1.54) is 4.90 Å². The molecule has 0 saturated heterocycles. The van der Waals surface area contributed by atoms with E-state index in [-0.39, 0.29) is 5.91 Å². The summed E-state index contributed by atoms with van der Waals surface area (Å²) in [7, 11) is 0. The van der Waals surface area contributed by atoms with Gasteiger partial charge < -0.3 is 10.0 Å². The number of amides is 1. The molecule has 1 aliphatic carbocycles. The Labute approximate surface area is 133 Å². The van der Waals surface area contributed by atoms with Gasteiger partial charge in [-0.2, -0.15) is 5.10 Å². The second-order valence-corrected chi connectivity index (χ2v) is 6.24. The maximum absolute atomic E-state index is 12.8. The number of carbonyl (C=O) groups is 2. The van der Waals surface area contributed by atoms with Gasteiger partial charge in [-0.25, -0.2) is 4.79 Å². The van der Waals surface area contributed by atoms with E-state index in [2.05, 4.69) is 10.2 Å². The van der Waals surface area contributed by atoms with Crippen molar-refractivity contribution in [2.75, 3.05) is 0 Å². The number of carbonyl (C=O) groups excluding carboxylic acids is 1. The number of carboxylic acid groups (broad SMARTS) is 1. The predicted molar refractivity (Wildman–Crippen MR) is 82.0 cm³/mol. The van der Waals surface area contributed by atoms with E-state index in [0.29, 0.717) is 24.6 Å². The molecular formula is C17H17N3O3. The number of carboxylic acids is 1. The molecule has 1 atom stereocenters. The van der Waals surface area contributed by atoms with Crippen molar-refractivity contribution in [2.24, 2.45) is 0 Å². The zero-order valence-electron chi connectivity index (χ0n) is 12.5. The Kier molecular flexibility index (Phi) is 3.18. The van der Waals surface area contributed by atoms with E-state index >= 15 is 0 Å². The SMILES string of the molecule is O=C(O)C1Cc2ccccc2CN1C(=O)c1cc(C2CC2)[nH]n1. The van der Waals surface area contributed by atoms with Crippen molar-refractivity contribution in [3.63, 3.8) is 0 Å². The van der Waals surface area contributed by atoms with Crippen LogP contribution in [0, 0.1) is 0 Å². The maximum atomic E-state index is 12.8. The molecule has 1 aromatic heterocycles. The van der Waals surface area contributed by atoms with Gasteiger partial charge in [0.25, 0.3) is 5.91 Å². The standard InChI is InChI=1S/C17H17N3O3/c21-16(14-8-13(18-19-14)10-5-6-10)20-9-12-4-2-1-3-11(12)7-15(20)17(22)23/h1-4,8,10,15H,5-7,9H2,(H,18,19)(H,22,23). The third-order valence-corrected chi connectivity index (χ3v) is 4.63. The van der Waals surface area contributed by atoms with Crippen LogP contribution in [0.15, 0.2) is 30.3 Å². The van der Waals surface area contributed by atoms with Crippen molar-refractivity contribution in [1.82, 2.24) is 15.1 Å². The minimum Gasteiger partial charge on any atom is -0.480 e. The number of nitrogens with one attached hydrogen (secondary N) is 1. The van der Waals surface area contributed by atoms with Gasteiger partial charge >= 0.3 is 5.97 Å². The van der Waals surface area contributed by atoms with Gasteiger partial charge in [0.1, 0.15) is 11.7 Å². The summed E-state index contributed by atoms with van der Waals surface area (Å²) < 4.78 is 0. The number of benzene rings is 1. The fraction of sp³-hybridized carbons (Fsp3) is 0.353. The Bertz CT molecular complexity index is 779. The second-order valence-electron chi connectivity index (χ2n) is 6.24. The molecule has 118 valence electrons. The van der Waals surface area contributed by atoms with Crippen LogP contribution in [-0.2, 0) is 17.8 Å². The molecule has 1 amide bonds. The first kappa shape index (κ1) is 14.0. The number of hydrogen-bond acceptors (Lipinski definition) is 3. The van der Waals surface area contributed by atoms with Crippen LogP contribution in [0.4, 0.5) is 0 Å². The lowest BCUT2D eigenvalue weighted by molar-refractivity contribution is -0.142. The van der Waals surface area contributed by atoms with Gasteiger partial charge in [0, 0.05) is 24.6 Å². The van der Waals surface area contributed by atoms with Gasteiger partial charge in [-0.1, -0.05) is 24.3 Å². The molecule has 6 nitrogen and oxygen atoms in total. The molecular weight excluding hydrogens is 294 g/mol. The molecule has 0 radical (unpaired) electrons. The highest BCUT2D eigenvalue weighted by Gasteiger charge is 2.36. The van der Waals surface area contributed by atoms with E-state index < -0.39 is 12.0 Å². The quantitative estimate of drug-likeness (QED) is 0.907. The Morgan fingerprint density at radius 2 is 1.96 bits per heavy atom. The van der Waals surface area contributed by atoms with Crippen molar-refractivity contribution in [1.29, 1.82) is 0 Å². The number of hydrogen-bond donors (Lipinski definition) is 2. The minimum atomic E-state index is -0.981. The Morgan fingerprint density at radius 3 is 2.65 bits per heavy atom. The second kappa shape index (κ2) is 5.22. The average Bonchev–Trinajstić information content (AvgIpc) is 3.30.